The second kappa shape index (κ2) is 17.1. The lowest BCUT2D eigenvalue weighted by Crippen LogP contribution is -2.51. The molecule has 0 spiro atoms. The van der Waals surface area contributed by atoms with Crippen molar-refractivity contribution in [2.75, 3.05) is 23.4 Å². The van der Waals surface area contributed by atoms with Gasteiger partial charge in [0.15, 0.2) is 10.8 Å². The second-order valence-electron chi connectivity index (χ2n) is 16.2. The molecule has 13 nitrogen and oxygen atoms in total. The van der Waals surface area contributed by atoms with Crippen molar-refractivity contribution in [2.45, 2.75) is 134 Å². The minimum absolute atomic E-state index is 0.0418. The van der Waals surface area contributed by atoms with Crippen LogP contribution in [0.2, 0.25) is 0 Å². The molecular weight excluding hydrogens is 762 g/mol. The van der Waals surface area contributed by atoms with Crippen LogP contribution in [0.4, 0.5) is 24.5 Å². The zero-order valence-corrected chi connectivity index (χ0v) is 33.4. The first-order valence-electron chi connectivity index (χ1n) is 19.6. The van der Waals surface area contributed by atoms with Gasteiger partial charge in [0, 0.05) is 31.2 Å². The van der Waals surface area contributed by atoms with Gasteiger partial charge in [-0.3, -0.25) is 39.3 Å². The Bertz CT molecular complexity index is 1900. The Hall–Kier alpha value is -4.53. The number of nitrogens with zero attached hydrogens (tertiary/aromatic N) is 6. The first-order valence-corrected chi connectivity index (χ1v) is 20.0. The summed E-state index contributed by atoms with van der Waals surface area (Å²) in [6.07, 6.45) is 5.54. The van der Waals surface area contributed by atoms with Crippen molar-refractivity contribution in [3.05, 3.63) is 47.5 Å². The highest BCUT2D eigenvalue weighted by atomic mass is 32.1. The standard InChI is InChI=1S/C40H49F3N8O5S/c1-23-16-29(17-24(2)49(23)22-35(53)47-26-9-13-32(45-20-26)30-12-14-34(52)48-36(30)54)56-15-5-6-25-7-10-27(11-8-25)51-38(57)50(37(55)39(51,3)4)28-18-31(40(41,42)43)33(19-44)46-21-28/h9,13,18,20-21,23-25,27,29-30H,5-8,10-12,14-17,22H2,1-4H3,(H,47,53)(H,48,52,54)/t23-,24+,25-,27-,29?,30?. The maximum absolute atomic E-state index is 13.7. The molecule has 4 aliphatic rings. The first kappa shape index (κ1) is 42.1. The topological polar surface area (TPSA) is 161 Å². The number of aromatic nitrogens is 2. The lowest BCUT2D eigenvalue weighted by atomic mass is 9.82. The fourth-order valence-electron chi connectivity index (χ4n) is 8.88. The highest BCUT2D eigenvalue weighted by Gasteiger charge is 2.53. The van der Waals surface area contributed by atoms with E-state index < -0.39 is 34.8 Å². The highest BCUT2D eigenvalue weighted by molar-refractivity contribution is 7.80. The van der Waals surface area contributed by atoms with Crippen LogP contribution in [-0.2, 0) is 30.1 Å². The summed E-state index contributed by atoms with van der Waals surface area (Å²) in [6, 6.07) is 5.90. The Morgan fingerprint density at radius 3 is 2.39 bits per heavy atom. The molecule has 4 atom stereocenters. The van der Waals surface area contributed by atoms with Crippen molar-refractivity contribution in [3.63, 3.8) is 0 Å². The summed E-state index contributed by atoms with van der Waals surface area (Å²) in [5.41, 5.74) is -2.03. The Morgan fingerprint density at radius 1 is 1.07 bits per heavy atom. The lowest BCUT2D eigenvalue weighted by Gasteiger charge is -2.42. The lowest BCUT2D eigenvalue weighted by molar-refractivity contribution is -0.138. The molecule has 0 radical (unpaired) electrons. The minimum Gasteiger partial charge on any atom is -0.378 e. The van der Waals surface area contributed by atoms with E-state index in [0.29, 0.717) is 30.3 Å². The number of ether oxygens (including phenoxy) is 1. The molecule has 4 amide bonds. The quantitative estimate of drug-likeness (QED) is 0.160. The Labute approximate surface area is 335 Å². The number of pyridine rings is 2. The van der Waals surface area contributed by atoms with Crippen LogP contribution >= 0.6 is 12.2 Å². The van der Waals surface area contributed by atoms with Crippen LogP contribution in [0.3, 0.4) is 0 Å². The molecule has 3 aliphatic heterocycles. The van der Waals surface area contributed by atoms with E-state index in [1.54, 1.807) is 26.0 Å². The van der Waals surface area contributed by atoms with Crippen molar-refractivity contribution < 1.29 is 37.1 Å². The van der Waals surface area contributed by atoms with E-state index in [2.05, 4.69) is 39.3 Å². The number of halogens is 3. The van der Waals surface area contributed by atoms with Crippen LogP contribution in [0.5, 0.6) is 0 Å². The van der Waals surface area contributed by atoms with Gasteiger partial charge in [-0.1, -0.05) is 0 Å². The molecule has 0 aromatic carbocycles. The largest absolute Gasteiger partial charge is 0.419 e. The molecule has 4 fully saturated rings. The van der Waals surface area contributed by atoms with Gasteiger partial charge >= 0.3 is 6.18 Å². The maximum atomic E-state index is 13.7. The molecule has 2 N–H and O–H groups in total. The summed E-state index contributed by atoms with van der Waals surface area (Å²) in [5, 5.41) is 14.5. The average Bonchev–Trinajstić information content (AvgIpc) is 3.33. The maximum Gasteiger partial charge on any atom is 0.419 e. The molecule has 2 unspecified atom stereocenters. The van der Waals surface area contributed by atoms with E-state index in [-0.39, 0.29) is 65.7 Å². The zero-order chi connectivity index (χ0) is 41.2. The van der Waals surface area contributed by atoms with Crippen LogP contribution < -0.4 is 15.5 Å². The van der Waals surface area contributed by atoms with Crippen LogP contribution in [-0.4, -0.2) is 91.4 Å². The molecule has 1 aliphatic carbocycles. The fraction of sp³-hybridized carbons (Fsp3) is 0.600. The fourth-order valence-corrected chi connectivity index (χ4v) is 9.45. The van der Waals surface area contributed by atoms with Gasteiger partial charge in [-0.15, -0.1) is 0 Å². The molecule has 306 valence electrons. The zero-order valence-electron chi connectivity index (χ0n) is 32.6. The van der Waals surface area contributed by atoms with Gasteiger partial charge in [0.1, 0.15) is 11.6 Å². The number of carbonyl (C=O) groups is 4. The molecule has 1 saturated carbocycles. The van der Waals surface area contributed by atoms with Crippen molar-refractivity contribution in [1.82, 2.24) is 25.1 Å². The molecular formula is C40H49F3N8O5S. The number of amides is 4. The minimum atomic E-state index is -4.81. The van der Waals surface area contributed by atoms with Crippen molar-refractivity contribution in [3.8, 4) is 6.07 Å². The average molecular weight is 811 g/mol. The Balaban J connectivity index is 0.918. The smallest absolute Gasteiger partial charge is 0.378 e. The van der Waals surface area contributed by atoms with Crippen LogP contribution in [0, 0.1) is 17.2 Å². The number of nitriles is 1. The number of piperidine rings is 2. The summed E-state index contributed by atoms with van der Waals surface area (Å²) in [5.74, 6) is -1.22. The van der Waals surface area contributed by atoms with Gasteiger partial charge in [0.2, 0.25) is 17.7 Å². The van der Waals surface area contributed by atoms with E-state index >= 15 is 0 Å². The first-order chi connectivity index (χ1) is 27.0. The van der Waals surface area contributed by atoms with Gasteiger partial charge < -0.3 is 15.0 Å². The molecule has 0 bridgehead atoms. The normalized spacial score (nSPS) is 27.0. The van der Waals surface area contributed by atoms with Gasteiger partial charge in [-0.2, -0.15) is 18.4 Å². The third kappa shape index (κ3) is 9.29. The van der Waals surface area contributed by atoms with E-state index in [9.17, 15) is 32.3 Å². The number of nitrogens with one attached hydrogen (secondary N) is 2. The van der Waals surface area contributed by atoms with Crippen molar-refractivity contribution in [2.24, 2.45) is 5.92 Å². The molecule has 3 saturated heterocycles. The third-order valence-corrected chi connectivity index (χ3v) is 12.3. The van der Waals surface area contributed by atoms with Gasteiger partial charge in [-0.05, 0) is 122 Å². The van der Waals surface area contributed by atoms with E-state index in [4.69, 9.17) is 22.2 Å². The molecule has 17 heteroatoms. The highest BCUT2D eigenvalue weighted by Crippen LogP contribution is 2.41. The number of hydrogen-bond acceptors (Lipinski definition) is 10. The summed E-state index contributed by atoms with van der Waals surface area (Å²) < 4.78 is 47.4. The Morgan fingerprint density at radius 2 is 1.77 bits per heavy atom. The van der Waals surface area contributed by atoms with Gasteiger partial charge in [-0.25, -0.2) is 4.98 Å². The number of hydrogen-bond donors (Lipinski definition) is 2. The number of carbonyl (C=O) groups excluding carboxylic acids is 4. The van der Waals surface area contributed by atoms with Crippen LogP contribution in [0.25, 0.3) is 0 Å². The second-order valence-corrected chi connectivity index (χ2v) is 16.6. The predicted octanol–water partition coefficient (Wildman–Crippen LogP) is 5.84. The number of alkyl halides is 3. The van der Waals surface area contributed by atoms with Crippen LogP contribution in [0.15, 0.2) is 30.6 Å². The van der Waals surface area contributed by atoms with Crippen molar-refractivity contribution >= 4 is 52.3 Å². The number of rotatable bonds is 11. The van der Waals surface area contributed by atoms with E-state index in [1.807, 2.05) is 4.90 Å². The van der Waals surface area contributed by atoms with Gasteiger partial charge in [0.05, 0.1) is 53.6 Å². The summed E-state index contributed by atoms with van der Waals surface area (Å²) >= 11 is 5.72. The molecule has 57 heavy (non-hydrogen) atoms. The predicted molar refractivity (Wildman–Crippen MR) is 208 cm³/mol. The van der Waals surface area contributed by atoms with Gasteiger partial charge in [0.25, 0.3) is 5.91 Å². The van der Waals surface area contributed by atoms with E-state index in [1.165, 1.54) is 12.3 Å². The summed E-state index contributed by atoms with van der Waals surface area (Å²) in [6.45, 7) is 8.55. The Kier molecular flexibility index (Phi) is 12.7. The van der Waals surface area contributed by atoms with Crippen molar-refractivity contribution in [1.29, 1.82) is 5.26 Å². The summed E-state index contributed by atoms with van der Waals surface area (Å²) in [4.78, 5) is 63.4. The third-order valence-electron chi connectivity index (χ3n) is 11.9. The monoisotopic (exact) mass is 810 g/mol. The molecule has 2 aromatic rings. The number of imide groups is 1. The molecule has 5 heterocycles. The van der Waals surface area contributed by atoms with Crippen LogP contribution in [0.1, 0.15) is 115 Å². The SMILES string of the molecule is C[C@@H]1CC(OCCC[C@H]2CC[C@H](N3C(=S)N(c4cnc(C#N)c(C(F)(F)F)c4)C(=O)C3(C)C)CC2)C[C@H](C)N1CC(=O)Nc1ccc(C2CCC(=O)NC2=O)nc1. The summed E-state index contributed by atoms with van der Waals surface area (Å²) in [7, 11) is 0. The number of thiocarbonyl (C=S) groups is 1. The number of likely N-dealkylation sites (tertiary alicyclic amines) is 1. The molecule has 6 rings (SSSR count). The molecule has 2 aromatic heterocycles. The van der Waals surface area contributed by atoms with E-state index in [0.717, 1.165) is 68.5 Å². The number of anilines is 2.